The molecular weight excluding hydrogens is 989 g/mol. The summed E-state index contributed by atoms with van der Waals surface area (Å²) in [5.74, 6) is -2.49. The molecule has 0 bridgehead atoms. The van der Waals surface area contributed by atoms with Gasteiger partial charge in [0.05, 0.1) is 61.9 Å². The molecule has 20 heteroatoms. The Labute approximate surface area is 438 Å². The first-order valence-electron chi connectivity index (χ1n) is 25.5. The molecule has 75 heavy (non-hydrogen) atoms. The molecule has 396 valence electrons. The van der Waals surface area contributed by atoms with Gasteiger partial charge in [-0.25, -0.2) is 4.39 Å². The molecule has 18 nitrogen and oxygen atoms in total. The van der Waals surface area contributed by atoms with Crippen LogP contribution in [0.4, 0.5) is 10.2 Å². The largest absolute Gasteiger partial charge is 0.508 e. The molecule has 4 aliphatic heterocycles. The van der Waals surface area contributed by atoms with Gasteiger partial charge in [-0.3, -0.25) is 39.1 Å². The van der Waals surface area contributed by atoms with Crippen LogP contribution in [-0.2, 0) is 39.8 Å². The van der Waals surface area contributed by atoms with Crippen LogP contribution in [0.25, 0.3) is 32.8 Å². The zero-order valence-corrected chi connectivity index (χ0v) is 42.7. The predicted molar refractivity (Wildman–Crippen MR) is 277 cm³/mol. The number of likely N-dealkylation sites (tertiary alicyclic amines) is 1. The van der Waals surface area contributed by atoms with E-state index in [-0.39, 0.29) is 64.4 Å². The predicted octanol–water partition coefficient (Wildman–Crippen LogP) is 6.11. The third kappa shape index (κ3) is 12.2. The summed E-state index contributed by atoms with van der Waals surface area (Å²) in [5.41, 5.74) is 1.85. The van der Waals surface area contributed by atoms with E-state index in [4.69, 9.17) is 40.3 Å². The number of phenols is 1. The number of imide groups is 2. The number of halogens is 2. The Kier molecular flexibility index (Phi) is 17.3. The second-order valence-corrected chi connectivity index (χ2v) is 19.4. The number of piperazine rings is 1. The zero-order chi connectivity index (χ0) is 52.6. The second kappa shape index (κ2) is 24.4. The number of anilines is 1. The van der Waals surface area contributed by atoms with E-state index in [9.17, 15) is 29.1 Å². The maximum absolute atomic E-state index is 17.1. The summed E-state index contributed by atoms with van der Waals surface area (Å²) in [6.07, 6.45) is 3.99. The number of amides is 5. The SMILES string of the molecule is C=CC(=O)N1CCN(c2nc(O[C@H](C)CN3CCC(OCCOCCOCCOCCCc4cccc5c4C(=O)N(C4CCC(=O)NC4=O)C5=O)CC3)nc3c(F)c(-c4cc(O)cc5ccccc45)c(Cl)cc23)CC1. The molecule has 4 aromatic carbocycles. The molecule has 5 aromatic rings. The number of nitrogens with one attached hydrogen (secondary N) is 1. The van der Waals surface area contributed by atoms with Gasteiger partial charge >= 0.3 is 6.01 Å². The number of benzene rings is 4. The van der Waals surface area contributed by atoms with Crippen molar-refractivity contribution in [3.05, 3.63) is 101 Å². The molecule has 0 spiro atoms. The number of aromatic nitrogens is 2. The van der Waals surface area contributed by atoms with Gasteiger partial charge in [0.2, 0.25) is 17.7 Å². The van der Waals surface area contributed by atoms with Gasteiger partial charge in [0.1, 0.15) is 29.2 Å². The molecule has 1 aromatic heterocycles. The van der Waals surface area contributed by atoms with Gasteiger partial charge in [0.15, 0.2) is 5.82 Å². The van der Waals surface area contributed by atoms with E-state index in [0.29, 0.717) is 125 Å². The van der Waals surface area contributed by atoms with Gasteiger partial charge in [0.25, 0.3) is 11.8 Å². The number of aryl methyl sites for hydroxylation is 1. The molecule has 1 unspecified atom stereocenters. The molecule has 5 heterocycles. The highest BCUT2D eigenvalue weighted by atomic mass is 35.5. The lowest BCUT2D eigenvalue weighted by molar-refractivity contribution is -0.136. The van der Waals surface area contributed by atoms with Gasteiger partial charge in [-0.1, -0.05) is 54.6 Å². The summed E-state index contributed by atoms with van der Waals surface area (Å²) in [7, 11) is 0. The molecule has 4 aliphatic rings. The van der Waals surface area contributed by atoms with Gasteiger partial charge in [-0.2, -0.15) is 9.97 Å². The van der Waals surface area contributed by atoms with Crippen molar-refractivity contribution in [2.24, 2.45) is 0 Å². The summed E-state index contributed by atoms with van der Waals surface area (Å²) in [6, 6.07) is 16.3. The number of carbonyl (C=O) groups is 5. The molecule has 3 fully saturated rings. The third-order valence-electron chi connectivity index (χ3n) is 14.0. The minimum absolute atomic E-state index is 0.0168. The summed E-state index contributed by atoms with van der Waals surface area (Å²) < 4.78 is 46.7. The average molecular weight is 1050 g/mol. The smallest absolute Gasteiger partial charge is 0.319 e. The Morgan fingerprint density at radius 2 is 1.56 bits per heavy atom. The van der Waals surface area contributed by atoms with E-state index in [0.717, 1.165) is 36.2 Å². The maximum Gasteiger partial charge on any atom is 0.319 e. The van der Waals surface area contributed by atoms with Crippen LogP contribution in [-0.4, -0.2) is 170 Å². The first kappa shape index (κ1) is 53.2. The van der Waals surface area contributed by atoms with Crippen LogP contribution in [0.1, 0.15) is 65.3 Å². The number of hydrogen-bond acceptors (Lipinski definition) is 15. The van der Waals surface area contributed by atoms with Crippen LogP contribution in [0.3, 0.4) is 0 Å². The number of piperidine rings is 2. The Hall–Kier alpha value is -6.61. The van der Waals surface area contributed by atoms with Gasteiger partial charge in [-0.15, -0.1) is 0 Å². The number of hydrogen-bond donors (Lipinski definition) is 2. The normalized spacial score (nSPS) is 18.0. The van der Waals surface area contributed by atoms with Crippen LogP contribution >= 0.6 is 11.6 Å². The fourth-order valence-corrected chi connectivity index (χ4v) is 10.6. The minimum Gasteiger partial charge on any atom is -0.508 e. The number of fused-ring (bicyclic) bond motifs is 3. The van der Waals surface area contributed by atoms with E-state index in [1.54, 1.807) is 35.2 Å². The van der Waals surface area contributed by atoms with Crippen molar-refractivity contribution in [1.29, 1.82) is 0 Å². The average Bonchev–Trinajstić information content (AvgIpc) is 3.66. The monoisotopic (exact) mass is 1050 g/mol. The quantitative estimate of drug-likeness (QED) is 0.0456. The lowest BCUT2D eigenvalue weighted by Gasteiger charge is -2.35. The highest BCUT2D eigenvalue weighted by Gasteiger charge is 2.45. The number of phenolic OH excluding ortho intramolecular Hbond substituents is 1. The lowest BCUT2D eigenvalue weighted by atomic mass is 9.96. The zero-order valence-electron chi connectivity index (χ0n) is 41.9. The van der Waals surface area contributed by atoms with Crippen molar-refractivity contribution >= 4 is 68.6 Å². The Morgan fingerprint density at radius 3 is 2.29 bits per heavy atom. The molecule has 0 radical (unpaired) electrons. The van der Waals surface area contributed by atoms with Gasteiger partial charge in [0, 0.05) is 69.8 Å². The van der Waals surface area contributed by atoms with E-state index in [1.807, 2.05) is 36.1 Å². The summed E-state index contributed by atoms with van der Waals surface area (Å²) in [4.78, 5) is 79.3. The lowest BCUT2D eigenvalue weighted by Crippen LogP contribution is -2.54. The van der Waals surface area contributed by atoms with E-state index < -0.39 is 35.5 Å². The van der Waals surface area contributed by atoms with Gasteiger partial charge in [-0.05, 0) is 91.3 Å². The Bertz CT molecular complexity index is 2960. The summed E-state index contributed by atoms with van der Waals surface area (Å²) in [6.45, 7) is 12.3. The number of ether oxygens (including phenoxy) is 5. The molecule has 5 amide bonds. The summed E-state index contributed by atoms with van der Waals surface area (Å²) in [5, 5.41) is 14.8. The van der Waals surface area contributed by atoms with E-state index in [1.165, 1.54) is 12.1 Å². The molecule has 0 aliphatic carbocycles. The molecule has 0 saturated carbocycles. The highest BCUT2D eigenvalue weighted by Crippen LogP contribution is 2.43. The Morgan fingerprint density at radius 1 is 0.840 bits per heavy atom. The number of nitrogens with zero attached hydrogens (tertiary/aromatic N) is 6. The first-order valence-corrected chi connectivity index (χ1v) is 25.9. The van der Waals surface area contributed by atoms with E-state index in [2.05, 4.69) is 21.8 Å². The Balaban J connectivity index is 0.685. The number of carbonyl (C=O) groups excluding carboxylic acids is 5. The van der Waals surface area contributed by atoms with Crippen molar-refractivity contribution in [1.82, 2.24) is 30.0 Å². The fraction of sp³-hybridized carbons (Fsp3) is 0.436. The minimum atomic E-state index is -1.00. The molecule has 9 rings (SSSR count). The standard InChI is InChI=1S/C55H61ClFN7O11/c1-3-46(67)62-19-21-63(22-20-62)51-42-32-43(56)48(41-31-37(65)30-36-8-4-5-11-39(36)41)49(57)50(42)59-55(60-51)75-34(2)33-61-17-15-38(16-18-61)74-29-28-73-27-26-72-25-24-71-23-7-10-35-9-6-12-40-47(35)54(70)64(53(40)69)44-13-14-45(66)58-52(44)68/h3-6,8-9,11-12,30-32,34,38,44,65H,1,7,10,13-29,33H2,2H3,(H,58,66,68)/t34-,44?/m1/s1. The topological polar surface area (TPSA) is 202 Å². The van der Waals surface area contributed by atoms with Crippen LogP contribution in [0.2, 0.25) is 5.02 Å². The van der Waals surface area contributed by atoms with Gasteiger partial charge < -0.3 is 38.6 Å². The third-order valence-corrected chi connectivity index (χ3v) is 14.3. The van der Waals surface area contributed by atoms with Crippen molar-refractivity contribution in [3.8, 4) is 22.9 Å². The first-order chi connectivity index (χ1) is 36.4. The second-order valence-electron chi connectivity index (χ2n) is 19.0. The maximum atomic E-state index is 17.1. The number of aromatic hydroxyl groups is 1. The number of rotatable bonds is 22. The van der Waals surface area contributed by atoms with Crippen molar-refractivity contribution in [3.63, 3.8) is 0 Å². The van der Waals surface area contributed by atoms with Crippen LogP contribution in [0.5, 0.6) is 11.8 Å². The van der Waals surface area contributed by atoms with E-state index >= 15 is 4.39 Å². The molecule has 2 atom stereocenters. The highest BCUT2D eigenvalue weighted by molar-refractivity contribution is 6.35. The molecule has 2 N–H and O–H groups in total. The van der Waals surface area contributed by atoms with Crippen LogP contribution in [0, 0.1) is 5.82 Å². The molecule has 3 saturated heterocycles. The van der Waals surface area contributed by atoms with Crippen molar-refractivity contribution in [2.45, 2.75) is 63.7 Å². The van der Waals surface area contributed by atoms with Crippen molar-refractivity contribution in [2.75, 3.05) is 97.0 Å². The fourth-order valence-electron chi connectivity index (χ4n) is 10.3. The summed E-state index contributed by atoms with van der Waals surface area (Å²) >= 11 is 6.91. The molecular formula is C55H61ClFN7O11. The van der Waals surface area contributed by atoms with Crippen molar-refractivity contribution < 1.29 is 57.2 Å². The van der Waals surface area contributed by atoms with Crippen LogP contribution < -0.4 is 15.0 Å². The van der Waals surface area contributed by atoms with Crippen LogP contribution in [0.15, 0.2) is 73.3 Å².